The van der Waals surface area contributed by atoms with Gasteiger partial charge in [0.15, 0.2) is 0 Å². The van der Waals surface area contributed by atoms with Gasteiger partial charge in [0, 0.05) is 32.5 Å². The van der Waals surface area contributed by atoms with E-state index in [1.165, 1.54) is 0 Å². The Bertz CT molecular complexity index is 539. The van der Waals surface area contributed by atoms with E-state index in [0.717, 1.165) is 31.5 Å². The number of carbonyl (C=O) groups excluding carboxylic acids is 2. The molecule has 1 aliphatic rings. The number of rotatable bonds is 9. The lowest BCUT2D eigenvalue weighted by molar-refractivity contribution is -0.135. The Balaban J connectivity index is 1.91. The molecule has 5 heteroatoms. The Morgan fingerprint density at radius 2 is 1.84 bits per heavy atom. The number of hydrogen-bond acceptors (Lipinski definition) is 3. The number of nitrogens with zero attached hydrogens (tertiary/aromatic N) is 1. The molecule has 0 spiro atoms. The summed E-state index contributed by atoms with van der Waals surface area (Å²) in [4.78, 5) is 26.9. The van der Waals surface area contributed by atoms with Crippen LogP contribution in [0.4, 0.5) is 0 Å². The third kappa shape index (κ3) is 6.86. The first-order valence-corrected chi connectivity index (χ1v) is 9.26. The molecule has 25 heavy (non-hydrogen) atoms. The molecule has 0 aromatic heterocycles. The van der Waals surface area contributed by atoms with Gasteiger partial charge >= 0.3 is 0 Å². The van der Waals surface area contributed by atoms with Gasteiger partial charge in [0.05, 0.1) is 6.61 Å². The average Bonchev–Trinajstić information content (AvgIpc) is 3.13. The predicted octanol–water partition coefficient (Wildman–Crippen LogP) is 2.40. The van der Waals surface area contributed by atoms with E-state index in [9.17, 15) is 9.59 Å². The molecule has 1 fully saturated rings. The molecule has 0 saturated carbocycles. The van der Waals surface area contributed by atoms with Crippen molar-refractivity contribution in [1.29, 1.82) is 0 Å². The summed E-state index contributed by atoms with van der Waals surface area (Å²) >= 11 is 0. The normalized spacial score (nSPS) is 15.4. The van der Waals surface area contributed by atoms with Crippen LogP contribution in [0.2, 0.25) is 0 Å². The van der Waals surface area contributed by atoms with Crippen molar-refractivity contribution in [3.8, 4) is 0 Å². The van der Waals surface area contributed by atoms with Crippen LogP contribution in [0.15, 0.2) is 30.3 Å². The molecule has 0 aliphatic carbocycles. The molecule has 2 amide bonds. The van der Waals surface area contributed by atoms with E-state index in [0.29, 0.717) is 25.6 Å². The van der Waals surface area contributed by atoms with Gasteiger partial charge in [0.1, 0.15) is 6.04 Å². The molecule has 1 saturated heterocycles. The third-order valence-corrected chi connectivity index (χ3v) is 4.26. The summed E-state index contributed by atoms with van der Waals surface area (Å²) in [6, 6.07) is 9.33. The first kappa shape index (κ1) is 19.4. The molecule has 1 heterocycles. The highest BCUT2D eigenvalue weighted by molar-refractivity contribution is 5.88. The molecular weight excluding hydrogens is 316 g/mol. The minimum absolute atomic E-state index is 0.0257. The van der Waals surface area contributed by atoms with Crippen molar-refractivity contribution in [2.45, 2.75) is 45.6 Å². The Morgan fingerprint density at radius 1 is 1.16 bits per heavy atom. The fourth-order valence-electron chi connectivity index (χ4n) is 2.96. The Morgan fingerprint density at radius 3 is 2.48 bits per heavy atom. The van der Waals surface area contributed by atoms with Crippen LogP contribution in [-0.4, -0.2) is 49.1 Å². The highest BCUT2D eigenvalue weighted by Crippen LogP contribution is 2.12. The molecule has 0 unspecified atom stereocenters. The predicted molar refractivity (Wildman–Crippen MR) is 98.2 cm³/mol. The second kappa shape index (κ2) is 10.2. The summed E-state index contributed by atoms with van der Waals surface area (Å²) in [6.45, 7) is 6.76. The number of hydrogen-bond donors (Lipinski definition) is 1. The van der Waals surface area contributed by atoms with Crippen LogP contribution in [0.5, 0.6) is 0 Å². The van der Waals surface area contributed by atoms with E-state index >= 15 is 0 Å². The van der Waals surface area contributed by atoms with Crippen LogP contribution >= 0.6 is 0 Å². The van der Waals surface area contributed by atoms with Crippen molar-refractivity contribution in [3.05, 3.63) is 35.9 Å². The Labute approximate surface area is 150 Å². The second-order valence-corrected chi connectivity index (χ2v) is 7.06. The van der Waals surface area contributed by atoms with Gasteiger partial charge in [-0.15, -0.1) is 0 Å². The van der Waals surface area contributed by atoms with E-state index in [-0.39, 0.29) is 18.2 Å². The minimum Gasteiger partial charge on any atom is -0.381 e. The summed E-state index contributed by atoms with van der Waals surface area (Å²) in [5.74, 6) is 0.348. The average molecular weight is 346 g/mol. The zero-order valence-corrected chi connectivity index (χ0v) is 15.4. The molecule has 1 atom stereocenters. The van der Waals surface area contributed by atoms with Crippen LogP contribution in [0.25, 0.3) is 0 Å². The van der Waals surface area contributed by atoms with E-state index in [4.69, 9.17) is 4.74 Å². The molecule has 2 rings (SSSR count). The summed E-state index contributed by atoms with van der Waals surface area (Å²) in [7, 11) is 0. The SMILES string of the molecule is CC(C)COCCC(=O)N[C@H](Cc1ccccc1)C(=O)N1CCCC1. The van der Waals surface area contributed by atoms with Gasteiger partial charge < -0.3 is 15.0 Å². The van der Waals surface area contributed by atoms with Crippen molar-refractivity contribution in [1.82, 2.24) is 10.2 Å². The third-order valence-electron chi connectivity index (χ3n) is 4.26. The summed E-state index contributed by atoms with van der Waals surface area (Å²) in [6.07, 6.45) is 2.89. The molecule has 1 N–H and O–H groups in total. The van der Waals surface area contributed by atoms with Crippen molar-refractivity contribution in [2.24, 2.45) is 5.92 Å². The van der Waals surface area contributed by atoms with E-state index in [2.05, 4.69) is 19.2 Å². The fraction of sp³-hybridized carbons (Fsp3) is 0.600. The number of likely N-dealkylation sites (tertiary alicyclic amines) is 1. The van der Waals surface area contributed by atoms with Crippen molar-refractivity contribution in [2.75, 3.05) is 26.3 Å². The van der Waals surface area contributed by atoms with E-state index < -0.39 is 6.04 Å². The van der Waals surface area contributed by atoms with Gasteiger partial charge in [0.2, 0.25) is 11.8 Å². The van der Waals surface area contributed by atoms with Crippen LogP contribution in [0.1, 0.15) is 38.7 Å². The molecule has 0 bridgehead atoms. The lowest BCUT2D eigenvalue weighted by Crippen LogP contribution is -2.49. The van der Waals surface area contributed by atoms with Crippen LogP contribution < -0.4 is 5.32 Å². The number of carbonyl (C=O) groups is 2. The van der Waals surface area contributed by atoms with Gasteiger partial charge in [-0.25, -0.2) is 0 Å². The maximum absolute atomic E-state index is 12.8. The number of nitrogens with one attached hydrogen (secondary N) is 1. The molecule has 138 valence electrons. The summed E-state index contributed by atoms with van der Waals surface area (Å²) < 4.78 is 5.47. The molecule has 5 nitrogen and oxygen atoms in total. The smallest absolute Gasteiger partial charge is 0.245 e. The minimum atomic E-state index is -0.502. The Kier molecular flexibility index (Phi) is 7.92. The van der Waals surface area contributed by atoms with E-state index in [1.807, 2.05) is 35.2 Å². The maximum Gasteiger partial charge on any atom is 0.245 e. The highest BCUT2D eigenvalue weighted by atomic mass is 16.5. The first-order valence-electron chi connectivity index (χ1n) is 9.26. The molecule has 1 aliphatic heterocycles. The lowest BCUT2D eigenvalue weighted by atomic mass is 10.0. The van der Waals surface area contributed by atoms with Crippen molar-refractivity contribution in [3.63, 3.8) is 0 Å². The van der Waals surface area contributed by atoms with Gasteiger partial charge in [-0.1, -0.05) is 44.2 Å². The van der Waals surface area contributed by atoms with Gasteiger partial charge in [-0.3, -0.25) is 9.59 Å². The highest BCUT2D eigenvalue weighted by Gasteiger charge is 2.27. The van der Waals surface area contributed by atoms with E-state index in [1.54, 1.807) is 0 Å². The van der Waals surface area contributed by atoms with Crippen LogP contribution in [0, 0.1) is 5.92 Å². The fourth-order valence-corrected chi connectivity index (χ4v) is 2.96. The number of ether oxygens (including phenoxy) is 1. The zero-order valence-electron chi connectivity index (χ0n) is 15.4. The second-order valence-electron chi connectivity index (χ2n) is 7.06. The first-order chi connectivity index (χ1) is 12.1. The summed E-state index contributed by atoms with van der Waals surface area (Å²) in [5.41, 5.74) is 1.05. The largest absolute Gasteiger partial charge is 0.381 e. The number of benzene rings is 1. The molecule has 1 aromatic rings. The van der Waals surface area contributed by atoms with Crippen LogP contribution in [0.3, 0.4) is 0 Å². The summed E-state index contributed by atoms with van der Waals surface area (Å²) in [5, 5.41) is 2.92. The topological polar surface area (TPSA) is 58.6 Å². The Hall–Kier alpha value is -1.88. The molecule has 1 aromatic carbocycles. The molecular formula is C20H30N2O3. The zero-order chi connectivity index (χ0) is 18.1. The number of amides is 2. The van der Waals surface area contributed by atoms with Crippen LogP contribution in [-0.2, 0) is 20.7 Å². The van der Waals surface area contributed by atoms with Gasteiger partial charge in [-0.2, -0.15) is 0 Å². The maximum atomic E-state index is 12.8. The van der Waals surface area contributed by atoms with Gasteiger partial charge in [0.25, 0.3) is 0 Å². The van der Waals surface area contributed by atoms with Crippen molar-refractivity contribution < 1.29 is 14.3 Å². The molecule has 0 radical (unpaired) electrons. The van der Waals surface area contributed by atoms with Crippen molar-refractivity contribution >= 4 is 11.8 Å². The standard InChI is InChI=1S/C20H30N2O3/c1-16(2)15-25-13-10-19(23)21-18(14-17-8-4-3-5-9-17)20(24)22-11-6-7-12-22/h3-5,8-9,16,18H,6-7,10-15H2,1-2H3,(H,21,23)/t18-/m1/s1. The monoisotopic (exact) mass is 346 g/mol. The quantitative estimate of drug-likeness (QED) is 0.699. The lowest BCUT2D eigenvalue weighted by Gasteiger charge is -2.24. The van der Waals surface area contributed by atoms with Gasteiger partial charge in [-0.05, 0) is 24.3 Å².